The van der Waals surface area contributed by atoms with Gasteiger partial charge < -0.3 is 0 Å². The molecule has 0 fully saturated rings. The zero-order valence-electron chi connectivity index (χ0n) is 12.1. The molecule has 0 saturated carbocycles. The van der Waals surface area contributed by atoms with Crippen LogP contribution < -0.4 is 0 Å². The van der Waals surface area contributed by atoms with Crippen molar-refractivity contribution in [1.82, 2.24) is 0 Å². The van der Waals surface area contributed by atoms with Crippen molar-refractivity contribution >= 4 is 27.6 Å². The van der Waals surface area contributed by atoms with Gasteiger partial charge in [0, 0.05) is 5.39 Å². The summed E-state index contributed by atoms with van der Waals surface area (Å²) in [4.78, 5) is 0.628. The molecule has 3 aromatic rings. The molecule has 0 aliphatic heterocycles. The fraction of sp³-hybridized carbons (Fsp3) is 0.0556. The Balaban J connectivity index is 1.85. The molecule has 0 aliphatic rings. The van der Waals surface area contributed by atoms with E-state index in [2.05, 4.69) is 5.16 Å². The fourth-order valence-corrected chi connectivity index (χ4v) is 3.02. The van der Waals surface area contributed by atoms with Gasteiger partial charge in [0.15, 0.2) is 0 Å². The van der Waals surface area contributed by atoms with Gasteiger partial charge in [0.05, 0.1) is 10.6 Å². The summed E-state index contributed by atoms with van der Waals surface area (Å²) in [6, 6.07) is 23.1. The summed E-state index contributed by atoms with van der Waals surface area (Å²) in [5, 5.41) is 5.94. The second kappa shape index (κ2) is 6.54. The first-order valence-electron chi connectivity index (χ1n) is 6.93. The molecule has 22 heavy (non-hydrogen) atoms. The molecule has 110 valence electrons. The molecule has 0 amide bonds. The minimum atomic E-state index is -1.64. The Bertz CT molecular complexity index is 839. The van der Waals surface area contributed by atoms with Gasteiger partial charge in [-0.25, -0.2) is 4.21 Å². The summed E-state index contributed by atoms with van der Waals surface area (Å²) in [5.41, 5.74) is 1.63. The minimum Gasteiger partial charge on any atom is -0.287 e. The molecule has 3 aromatic carbocycles. The van der Waals surface area contributed by atoms with Crippen LogP contribution in [0.5, 0.6) is 0 Å². The summed E-state index contributed by atoms with van der Waals surface area (Å²) < 4.78 is 17.6. The first-order chi connectivity index (χ1) is 10.8. The molecule has 0 aliphatic carbocycles. The molecular formula is C18H15NO2S. The number of benzene rings is 3. The Kier molecular flexibility index (Phi) is 4.30. The number of hydrogen-bond donors (Lipinski definition) is 0. The van der Waals surface area contributed by atoms with Gasteiger partial charge in [-0.2, -0.15) is 0 Å². The predicted octanol–water partition coefficient (Wildman–Crippen LogP) is 4.30. The number of hydrogen-bond acceptors (Lipinski definition) is 3. The molecule has 0 N–H and O–H groups in total. The van der Waals surface area contributed by atoms with Gasteiger partial charge in [0.1, 0.15) is 0 Å². The molecule has 0 bridgehead atoms. The third-order valence-corrected chi connectivity index (χ3v) is 4.29. The van der Waals surface area contributed by atoms with Gasteiger partial charge in [0.2, 0.25) is 0 Å². The molecule has 3 rings (SSSR count). The monoisotopic (exact) mass is 309 g/mol. The zero-order chi connectivity index (χ0) is 15.4. The second-order valence-corrected chi connectivity index (χ2v) is 5.89. The smallest absolute Gasteiger partial charge is 0.265 e. The Labute approximate surface area is 131 Å². The van der Waals surface area contributed by atoms with Crippen LogP contribution in [0.15, 0.2) is 82.8 Å². The third kappa shape index (κ3) is 3.07. The molecule has 4 heteroatoms. The lowest BCUT2D eigenvalue weighted by Crippen LogP contribution is -1.99. The fourth-order valence-electron chi connectivity index (χ4n) is 2.20. The molecule has 0 spiro atoms. The largest absolute Gasteiger partial charge is 0.287 e. The molecule has 1 unspecified atom stereocenters. The van der Waals surface area contributed by atoms with Crippen molar-refractivity contribution in [3.8, 4) is 0 Å². The van der Waals surface area contributed by atoms with Crippen molar-refractivity contribution in [1.29, 1.82) is 0 Å². The molecule has 3 nitrogen and oxygen atoms in total. The van der Waals surface area contributed by atoms with Gasteiger partial charge in [-0.1, -0.05) is 71.9 Å². The Hall–Kier alpha value is -2.46. The Morgan fingerprint density at radius 1 is 0.909 bits per heavy atom. The highest BCUT2D eigenvalue weighted by Crippen LogP contribution is 2.22. The Morgan fingerprint density at radius 2 is 1.59 bits per heavy atom. The first kappa shape index (κ1) is 14.5. The maximum atomic E-state index is 12.4. The first-order valence-corrected chi connectivity index (χ1v) is 8.00. The van der Waals surface area contributed by atoms with E-state index in [1.165, 1.54) is 0 Å². The van der Waals surface area contributed by atoms with E-state index in [0.717, 1.165) is 16.3 Å². The van der Waals surface area contributed by atoms with Crippen molar-refractivity contribution in [2.75, 3.05) is 0 Å². The van der Waals surface area contributed by atoms with E-state index < -0.39 is 11.1 Å². The van der Waals surface area contributed by atoms with E-state index in [1.54, 1.807) is 6.07 Å². The molecule has 0 radical (unpaired) electrons. The van der Waals surface area contributed by atoms with Gasteiger partial charge in [-0.3, -0.25) is 4.28 Å². The van der Waals surface area contributed by atoms with Crippen LogP contribution >= 0.6 is 0 Å². The van der Waals surface area contributed by atoms with Crippen LogP contribution in [0.25, 0.3) is 10.8 Å². The number of nitrogens with zero attached hydrogens (tertiary/aromatic N) is 1. The van der Waals surface area contributed by atoms with Gasteiger partial charge in [0.25, 0.3) is 11.1 Å². The van der Waals surface area contributed by atoms with E-state index in [-0.39, 0.29) is 0 Å². The van der Waals surface area contributed by atoms with Crippen LogP contribution in [-0.2, 0) is 15.4 Å². The molecule has 0 heterocycles. The summed E-state index contributed by atoms with van der Waals surface area (Å²) in [5.74, 6) is 0. The summed E-state index contributed by atoms with van der Waals surface area (Å²) in [7, 11) is 0. The van der Waals surface area contributed by atoms with Crippen molar-refractivity contribution in [2.45, 2.75) is 11.8 Å². The standard InChI is InChI=1S/C18H15NO2S/c1-14(15-8-3-2-4-9-15)19-21-22(20)18-13-7-11-16-10-5-6-12-17(16)18/h2-13H,1H3/b19-14+. The van der Waals surface area contributed by atoms with Crippen LogP contribution in [-0.4, -0.2) is 9.92 Å². The van der Waals surface area contributed by atoms with Crippen molar-refractivity contribution in [3.05, 3.63) is 78.4 Å². The summed E-state index contributed by atoms with van der Waals surface area (Å²) in [6.07, 6.45) is 0. The maximum Gasteiger partial charge on any atom is 0.265 e. The van der Waals surface area contributed by atoms with Crippen molar-refractivity contribution in [3.63, 3.8) is 0 Å². The molecule has 1 atom stereocenters. The van der Waals surface area contributed by atoms with E-state index in [1.807, 2.05) is 73.7 Å². The van der Waals surface area contributed by atoms with Gasteiger partial charge in [-0.15, -0.1) is 0 Å². The molecule has 0 saturated heterocycles. The van der Waals surface area contributed by atoms with Crippen LogP contribution in [0, 0.1) is 0 Å². The normalized spacial score (nSPS) is 13.0. The van der Waals surface area contributed by atoms with Crippen LogP contribution in [0.1, 0.15) is 12.5 Å². The van der Waals surface area contributed by atoms with Gasteiger partial charge >= 0.3 is 0 Å². The highest BCUT2D eigenvalue weighted by molar-refractivity contribution is 7.80. The summed E-state index contributed by atoms with van der Waals surface area (Å²) >= 11 is -1.64. The average Bonchev–Trinajstić information content (AvgIpc) is 2.59. The number of oxime groups is 1. The lowest BCUT2D eigenvalue weighted by molar-refractivity contribution is 0.374. The van der Waals surface area contributed by atoms with Crippen molar-refractivity contribution in [2.24, 2.45) is 5.16 Å². The second-order valence-electron chi connectivity index (χ2n) is 4.83. The van der Waals surface area contributed by atoms with E-state index in [9.17, 15) is 4.21 Å². The highest BCUT2D eigenvalue weighted by Gasteiger charge is 2.10. The van der Waals surface area contributed by atoms with Crippen LogP contribution in [0.2, 0.25) is 0 Å². The maximum absolute atomic E-state index is 12.4. The zero-order valence-corrected chi connectivity index (χ0v) is 12.9. The third-order valence-electron chi connectivity index (χ3n) is 3.36. The topological polar surface area (TPSA) is 38.7 Å². The molecular weight excluding hydrogens is 294 g/mol. The van der Waals surface area contributed by atoms with Crippen LogP contribution in [0.4, 0.5) is 0 Å². The van der Waals surface area contributed by atoms with E-state index in [0.29, 0.717) is 10.6 Å². The molecule has 0 aromatic heterocycles. The van der Waals surface area contributed by atoms with Gasteiger partial charge in [-0.05, 0) is 23.9 Å². The Morgan fingerprint density at radius 3 is 2.41 bits per heavy atom. The predicted molar refractivity (Wildman–Crippen MR) is 90.1 cm³/mol. The highest BCUT2D eigenvalue weighted by atomic mass is 32.2. The van der Waals surface area contributed by atoms with Crippen molar-refractivity contribution < 1.29 is 8.49 Å². The minimum absolute atomic E-state index is 0.628. The number of fused-ring (bicyclic) bond motifs is 1. The SMILES string of the molecule is C/C(=N\OS(=O)c1cccc2ccccc12)c1ccccc1. The number of rotatable bonds is 4. The lowest BCUT2D eigenvalue weighted by Gasteiger charge is -2.05. The van der Waals surface area contributed by atoms with E-state index in [4.69, 9.17) is 4.28 Å². The van der Waals surface area contributed by atoms with Crippen LogP contribution in [0.3, 0.4) is 0 Å². The van der Waals surface area contributed by atoms with E-state index >= 15 is 0 Å². The quantitative estimate of drug-likeness (QED) is 0.532. The lowest BCUT2D eigenvalue weighted by atomic mass is 10.1. The average molecular weight is 309 g/mol. The summed E-state index contributed by atoms with van der Waals surface area (Å²) in [6.45, 7) is 1.83.